The van der Waals surface area contributed by atoms with Crippen molar-refractivity contribution in [3.05, 3.63) is 34.3 Å². The molecule has 0 radical (unpaired) electrons. The maximum absolute atomic E-state index is 11.3. The molecule has 3 N–H and O–H groups in total. The SMILES string of the molecule is CC1CN(c2nc(N)c([N+](=O)[O-])c(NCc3ccco3)n2)CC(C)O1. The van der Waals surface area contributed by atoms with Gasteiger partial charge in [0.05, 0.1) is 29.9 Å². The Kier molecular flexibility index (Phi) is 4.70. The molecule has 2 unspecified atom stereocenters. The van der Waals surface area contributed by atoms with Crippen LogP contribution in [0.25, 0.3) is 0 Å². The number of nitro groups is 1. The Balaban J connectivity index is 1.90. The van der Waals surface area contributed by atoms with Crippen LogP contribution in [-0.4, -0.2) is 40.2 Å². The number of furan rings is 1. The highest BCUT2D eigenvalue weighted by Gasteiger charge is 2.28. The molecule has 0 spiro atoms. The first-order chi connectivity index (χ1) is 11.9. The van der Waals surface area contributed by atoms with Gasteiger partial charge in [-0.15, -0.1) is 0 Å². The van der Waals surface area contributed by atoms with Crippen molar-refractivity contribution in [1.82, 2.24) is 9.97 Å². The van der Waals surface area contributed by atoms with Crippen LogP contribution in [0, 0.1) is 10.1 Å². The van der Waals surface area contributed by atoms with E-state index in [9.17, 15) is 10.1 Å². The highest BCUT2D eigenvalue weighted by molar-refractivity contribution is 5.70. The summed E-state index contributed by atoms with van der Waals surface area (Å²) in [7, 11) is 0. The molecule has 0 bridgehead atoms. The molecule has 3 heterocycles. The van der Waals surface area contributed by atoms with Crippen molar-refractivity contribution in [3.63, 3.8) is 0 Å². The molecular formula is C15H20N6O4. The van der Waals surface area contributed by atoms with Crippen molar-refractivity contribution in [2.24, 2.45) is 0 Å². The van der Waals surface area contributed by atoms with E-state index in [1.807, 2.05) is 18.7 Å². The number of nitrogens with two attached hydrogens (primary N) is 1. The van der Waals surface area contributed by atoms with E-state index < -0.39 is 4.92 Å². The third-order valence-electron chi connectivity index (χ3n) is 3.79. The highest BCUT2D eigenvalue weighted by atomic mass is 16.6. The largest absolute Gasteiger partial charge is 0.467 e. The minimum atomic E-state index is -0.589. The van der Waals surface area contributed by atoms with Gasteiger partial charge in [-0.3, -0.25) is 10.1 Å². The second-order valence-corrected chi connectivity index (χ2v) is 5.96. The Morgan fingerprint density at radius 1 is 1.40 bits per heavy atom. The average Bonchev–Trinajstić information content (AvgIpc) is 3.04. The Morgan fingerprint density at radius 3 is 2.72 bits per heavy atom. The van der Waals surface area contributed by atoms with E-state index >= 15 is 0 Å². The summed E-state index contributed by atoms with van der Waals surface area (Å²) >= 11 is 0. The Morgan fingerprint density at radius 2 is 2.12 bits per heavy atom. The molecule has 0 aliphatic carbocycles. The van der Waals surface area contributed by atoms with E-state index in [4.69, 9.17) is 14.9 Å². The molecule has 1 saturated heterocycles. The minimum Gasteiger partial charge on any atom is -0.467 e. The molecule has 25 heavy (non-hydrogen) atoms. The summed E-state index contributed by atoms with van der Waals surface area (Å²) < 4.78 is 10.9. The molecule has 0 saturated carbocycles. The lowest BCUT2D eigenvalue weighted by atomic mass is 10.2. The first-order valence-corrected chi connectivity index (χ1v) is 7.92. The number of ether oxygens (including phenoxy) is 1. The lowest BCUT2D eigenvalue weighted by Gasteiger charge is -2.35. The Labute approximate surface area is 144 Å². The molecule has 10 nitrogen and oxygen atoms in total. The number of rotatable bonds is 5. The van der Waals surface area contributed by atoms with Crippen molar-refractivity contribution < 1.29 is 14.1 Å². The lowest BCUT2D eigenvalue weighted by Crippen LogP contribution is -2.46. The number of hydrogen-bond acceptors (Lipinski definition) is 9. The van der Waals surface area contributed by atoms with Crippen LogP contribution in [-0.2, 0) is 11.3 Å². The number of anilines is 3. The fourth-order valence-corrected chi connectivity index (χ4v) is 2.83. The summed E-state index contributed by atoms with van der Waals surface area (Å²) in [6.07, 6.45) is 1.54. The highest BCUT2D eigenvalue weighted by Crippen LogP contribution is 2.31. The lowest BCUT2D eigenvalue weighted by molar-refractivity contribution is -0.383. The zero-order valence-corrected chi connectivity index (χ0v) is 14.0. The van der Waals surface area contributed by atoms with E-state index in [1.165, 1.54) is 6.26 Å². The van der Waals surface area contributed by atoms with Crippen molar-refractivity contribution in [1.29, 1.82) is 0 Å². The summed E-state index contributed by atoms with van der Waals surface area (Å²) in [6.45, 7) is 5.32. The number of nitrogens with zero attached hydrogens (tertiary/aromatic N) is 4. The second kappa shape index (κ2) is 6.93. The molecule has 10 heteroatoms. The van der Waals surface area contributed by atoms with Crippen LogP contribution < -0.4 is 16.0 Å². The van der Waals surface area contributed by atoms with Gasteiger partial charge in [-0.25, -0.2) is 0 Å². The van der Waals surface area contributed by atoms with Gasteiger partial charge >= 0.3 is 5.69 Å². The molecule has 2 atom stereocenters. The summed E-state index contributed by atoms with van der Waals surface area (Å²) in [5.74, 6) is 0.855. The van der Waals surface area contributed by atoms with Crippen LogP contribution in [0.15, 0.2) is 22.8 Å². The molecular weight excluding hydrogens is 328 g/mol. The van der Waals surface area contributed by atoms with E-state index in [-0.39, 0.29) is 36.1 Å². The van der Waals surface area contributed by atoms with Gasteiger partial charge in [-0.2, -0.15) is 9.97 Å². The average molecular weight is 348 g/mol. The number of nitrogens with one attached hydrogen (secondary N) is 1. The van der Waals surface area contributed by atoms with Crippen molar-refractivity contribution in [2.75, 3.05) is 29.0 Å². The molecule has 2 aromatic rings. The van der Waals surface area contributed by atoms with E-state index in [0.717, 1.165) is 0 Å². The van der Waals surface area contributed by atoms with Gasteiger partial charge in [-0.05, 0) is 26.0 Å². The van der Waals surface area contributed by atoms with Crippen LogP contribution >= 0.6 is 0 Å². The fraction of sp³-hybridized carbons (Fsp3) is 0.467. The van der Waals surface area contributed by atoms with Crippen molar-refractivity contribution >= 4 is 23.3 Å². The zero-order chi connectivity index (χ0) is 18.0. The monoisotopic (exact) mass is 348 g/mol. The molecule has 1 aliphatic rings. The van der Waals surface area contributed by atoms with Crippen molar-refractivity contribution in [3.8, 4) is 0 Å². The van der Waals surface area contributed by atoms with Crippen LogP contribution in [0.1, 0.15) is 19.6 Å². The quantitative estimate of drug-likeness (QED) is 0.612. The molecule has 1 aliphatic heterocycles. The minimum absolute atomic E-state index is 0.00305. The molecule has 3 rings (SSSR count). The number of nitrogen functional groups attached to an aromatic ring is 1. The topological polar surface area (TPSA) is 133 Å². The molecule has 1 fully saturated rings. The number of morpholine rings is 1. The van der Waals surface area contributed by atoms with Crippen molar-refractivity contribution in [2.45, 2.75) is 32.6 Å². The van der Waals surface area contributed by atoms with E-state index in [1.54, 1.807) is 12.1 Å². The third-order valence-corrected chi connectivity index (χ3v) is 3.79. The first kappa shape index (κ1) is 17.0. The van der Waals surface area contributed by atoms with Crippen LogP contribution in [0.3, 0.4) is 0 Å². The first-order valence-electron chi connectivity index (χ1n) is 7.92. The van der Waals surface area contributed by atoms with E-state index in [2.05, 4.69) is 15.3 Å². The molecule has 134 valence electrons. The molecule has 2 aromatic heterocycles. The third kappa shape index (κ3) is 3.79. The molecule has 0 amide bonds. The van der Waals surface area contributed by atoms with Crippen LogP contribution in [0.2, 0.25) is 0 Å². The van der Waals surface area contributed by atoms with Crippen LogP contribution in [0.5, 0.6) is 0 Å². The van der Waals surface area contributed by atoms with Gasteiger partial charge in [0.15, 0.2) is 0 Å². The summed E-state index contributed by atoms with van der Waals surface area (Å²) in [4.78, 5) is 21.1. The number of aromatic nitrogens is 2. The molecule has 0 aromatic carbocycles. The maximum Gasteiger partial charge on any atom is 0.353 e. The summed E-state index contributed by atoms with van der Waals surface area (Å²) in [6, 6.07) is 3.50. The van der Waals surface area contributed by atoms with Crippen LogP contribution in [0.4, 0.5) is 23.3 Å². The Bertz CT molecular complexity index is 741. The van der Waals surface area contributed by atoms with Gasteiger partial charge in [0.2, 0.25) is 17.6 Å². The number of hydrogen-bond donors (Lipinski definition) is 2. The Hall–Kier alpha value is -2.88. The van der Waals surface area contributed by atoms with Gasteiger partial charge in [0.25, 0.3) is 0 Å². The predicted octanol–water partition coefficient (Wildman–Crippen LogP) is 1.79. The summed E-state index contributed by atoms with van der Waals surface area (Å²) in [5.41, 5.74) is 5.49. The predicted molar refractivity (Wildman–Crippen MR) is 91.4 cm³/mol. The van der Waals surface area contributed by atoms with Gasteiger partial charge in [0, 0.05) is 13.1 Å². The normalized spacial score (nSPS) is 20.5. The van der Waals surface area contributed by atoms with Gasteiger partial charge in [-0.1, -0.05) is 0 Å². The standard InChI is InChI=1S/C15H20N6O4/c1-9-7-20(8-10(2)25-9)15-18-13(16)12(21(22)23)14(19-15)17-6-11-4-3-5-24-11/h3-5,9-10H,6-8H2,1-2H3,(H3,16,17,18,19). The van der Waals surface area contributed by atoms with Gasteiger partial charge < -0.3 is 25.1 Å². The summed E-state index contributed by atoms with van der Waals surface area (Å²) in [5, 5.41) is 14.3. The van der Waals surface area contributed by atoms with Gasteiger partial charge in [0.1, 0.15) is 5.76 Å². The maximum atomic E-state index is 11.3. The fourth-order valence-electron chi connectivity index (χ4n) is 2.83. The van der Waals surface area contributed by atoms with E-state index in [0.29, 0.717) is 24.8 Å². The second-order valence-electron chi connectivity index (χ2n) is 5.96. The smallest absolute Gasteiger partial charge is 0.353 e. The zero-order valence-electron chi connectivity index (χ0n) is 14.0.